The van der Waals surface area contributed by atoms with Gasteiger partial charge in [-0.3, -0.25) is 10.1 Å². The van der Waals surface area contributed by atoms with Gasteiger partial charge in [-0.15, -0.1) is 0 Å². The molecule has 0 spiro atoms. The molecule has 5 heteroatoms. The van der Waals surface area contributed by atoms with Crippen LogP contribution in [0.3, 0.4) is 0 Å². The maximum atomic E-state index is 13.3. The van der Waals surface area contributed by atoms with Gasteiger partial charge in [0, 0.05) is 17.1 Å². The molecule has 1 aliphatic carbocycles. The molecular formula is C11H11ClFNO2. The highest BCUT2D eigenvalue weighted by molar-refractivity contribution is 6.30. The van der Waals surface area contributed by atoms with Crippen LogP contribution in [0.4, 0.5) is 4.39 Å². The molecule has 0 bridgehead atoms. The van der Waals surface area contributed by atoms with Crippen LogP contribution in [-0.4, -0.2) is 16.6 Å². The van der Waals surface area contributed by atoms with E-state index in [1.165, 1.54) is 18.2 Å². The minimum atomic E-state index is -0.880. The Balaban J connectivity index is 2.05. The van der Waals surface area contributed by atoms with Crippen LogP contribution in [0, 0.1) is 5.82 Å². The predicted molar refractivity (Wildman–Crippen MR) is 57.9 cm³/mol. The molecule has 0 amide bonds. The highest BCUT2D eigenvalue weighted by Gasteiger charge is 2.49. The first kappa shape index (κ1) is 11.4. The number of hydrogen-bond acceptors (Lipinski definition) is 2. The van der Waals surface area contributed by atoms with Gasteiger partial charge in [0.1, 0.15) is 11.4 Å². The molecule has 1 aromatic rings. The summed E-state index contributed by atoms with van der Waals surface area (Å²) in [4.78, 5) is 10.9. The Labute approximate surface area is 97.2 Å². The Bertz CT molecular complexity index is 432. The summed E-state index contributed by atoms with van der Waals surface area (Å²) >= 11 is 5.73. The van der Waals surface area contributed by atoms with Crippen LogP contribution in [0.5, 0.6) is 0 Å². The fraction of sp³-hybridized carbons (Fsp3) is 0.364. The fourth-order valence-electron chi connectivity index (χ4n) is 1.53. The lowest BCUT2D eigenvalue weighted by Crippen LogP contribution is -2.38. The van der Waals surface area contributed by atoms with Gasteiger partial charge in [0.25, 0.3) is 0 Å². The van der Waals surface area contributed by atoms with Crippen molar-refractivity contribution in [3.63, 3.8) is 0 Å². The fourth-order valence-corrected chi connectivity index (χ4v) is 1.73. The van der Waals surface area contributed by atoms with Crippen molar-refractivity contribution in [1.82, 2.24) is 5.32 Å². The van der Waals surface area contributed by atoms with Gasteiger partial charge in [0.15, 0.2) is 0 Å². The summed E-state index contributed by atoms with van der Waals surface area (Å²) in [7, 11) is 0. The van der Waals surface area contributed by atoms with Crippen molar-refractivity contribution in [2.75, 3.05) is 0 Å². The highest BCUT2D eigenvalue weighted by Crippen LogP contribution is 2.35. The average Bonchev–Trinajstić information content (AvgIpc) is 3.00. The summed E-state index contributed by atoms with van der Waals surface area (Å²) in [5.41, 5.74) is -0.464. The number of carboxylic acid groups (broad SMARTS) is 1. The van der Waals surface area contributed by atoms with Crippen LogP contribution in [0.1, 0.15) is 18.4 Å². The van der Waals surface area contributed by atoms with E-state index in [0.717, 1.165) is 0 Å². The third kappa shape index (κ3) is 2.18. The third-order valence-corrected chi connectivity index (χ3v) is 3.02. The molecule has 1 aliphatic rings. The standard InChI is InChI=1S/C11H11ClFNO2/c12-8-1-2-9(13)7(5-8)6-14-11(3-4-11)10(15)16/h1-2,5,14H,3-4,6H2,(H,15,16). The van der Waals surface area contributed by atoms with Gasteiger partial charge in [-0.1, -0.05) is 11.6 Å². The molecule has 86 valence electrons. The first-order valence-corrected chi connectivity index (χ1v) is 5.34. The number of carboxylic acids is 1. The molecule has 2 rings (SSSR count). The molecule has 0 radical (unpaired) electrons. The second kappa shape index (κ2) is 4.03. The lowest BCUT2D eigenvalue weighted by atomic mass is 10.2. The van der Waals surface area contributed by atoms with Gasteiger partial charge >= 0.3 is 5.97 Å². The zero-order valence-electron chi connectivity index (χ0n) is 8.46. The minimum Gasteiger partial charge on any atom is -0.480 e. The third-order valence-electron chi connectivity index (χ3n) is 2.78. The van der Waals surface area contributed by atoms with Crippen molar-refractivity contribution < 1.29 is 14.3 Å². The number of rotatable bonds is 4. The van der Waals surface area contributed by atoms with Crippen molar-refractivity contribution >= 4 is 17.6 Å². The summed E-state index contributed by atoms with van der Waals surface area (Å²) in [6.45, 7) is 0.179. The van der Waals surface area contributed by atoms with Crippen LogP contribution in [-0.2, 0) is 11.3 Å². The van der Waals surface area contributed by atoms with E-state index in [-0.39, 0.29) is 12.4 Å². The van der Waals surface area contributed by atoms with Gasteiger partial charge in [-0.05, 0) is 31.0 Å². The van der Waals surface area contributed by atoms with Crippen LogP contribution in [0.15, 0.2) is 18.2 Å². The number of hydrogen-bond donors (Lipinski definition) is 2. The van der Waals surface area contributed by atoms with E-state index in [1.807, 2.05) is 0 Å². The quantitative estimate of drug-likeness (QED) is 0.852. The summed E-state index contributed by atoms with van der Waals surface area (Å²) in [6.07, 6.45) is 1.18. The zero-order valence-corrected chi connectivity index (χ0v) is 9.22. The molecule has 0 aromatic heterocycles. The lowest BCUT2D eigenvalue weighted by molar-refractivity contribution is -0.140. The van der Waals surface area contributed by atoms with Gasteiger partial charge in [-0.2, -0.15) is 0 Å². The second-order valence-corrected chi connectivity index (χ2v) is 4.41. The SMILES string of the molecule is O=C(O)C1(NCc2cc(Cl)ccc2F)CC1. The van der Waals surface area contributed by atoms with Gasteiger partial charge < -0.3 is 5.11 Å². The van der Waals surface area contributed by atoms with E-state index in [1.54, 1.807) is 0 Å². The number of aliphatic carboxylic acids is 1. The van der Waals surface area contributed by atoms with Crippen molar-refractivity contribution in [1.29, 1.82) is 0 Å². The Kier molecular flexibility index (Phi) is 2.86. The maximum Gasteiger partial charge on any atom is 0.323 e. The molecule has 0 saturated heterocycles. The predicted octanol–water partition coefficient (Wildman–Crippen LogP) is 2.19. The van der Waals surface area contributed by atoms with Crippen LogP contribution >= 0.6 is 11.6 Å². The van der Waals surface area contributed by atoms with Gasteiger partial charge in [-0.25, -0.2) is 4.39 Å². The van der Waals surface area contributed by atoms with Crippen molar-refractivity contribution in [3.8, 4) is 0 Å². The minimum absolute atomic E-state index is 0.179. The highest BCUT2D eigenvalue weighted by atomic mass is 35.5. The maximum absolute atomic E-state index is 13.3. The van der Waals surface area contributed by atoms with Gasteiger partial charge in [0.2, 0.25) is 0 Å². The normalized spacial score (nSPS) is 17.1. The number of carbonyl (C=O) groups is 1. The molecule has 1 saturated carbocycles. The van der Waals surface area contributed by atoms with Crippen LogP contribution in [0.2, 0.25) is 5.02 Å². The molecule has 0 aliphatic heterocycles. The number of halogens is 2. The number of nitrogens with one attached hydrogen (secondary N) is 1. The topological polar surface area (TPSA) is 49.3 Å². The van der Waals surface area contributed by atoms with E-state index in [0.29, 0.717) is 23.4 Å². The molecule has 3 nitrogen and oxygen atoms in total. The first-order valence-electron chi connectivity index (χ1n) is 4.96. The zero-order chi connectivity index (χ0) is 11.8. The molecule has 1 fully saturated rings. The largest absolute Gasteiger partial charge is 0.480 e. The average molecular weight is 244 g/mol. The molecular weight excluding hydrogens is 233 g/mol. The van der Waals surface area contributed by atoms with Crippen molar-refractivity contribution in [2.24, 2.45) is 0 Å². The van der Waals surface area contributed by atoms with E-state index in [9.17, 15) is 9.18 Å². The monoisotopic (exact) mass is 243 g/mol. The summed E-state index contributed by atoms with van der Waals surface area (Å²) < 4.78 is 13.3. The van der Waals surface area contributed by atoms with E-state index in [4.69, 9.17) is 16.7 Å². The molecule has 16 heavy (non-hydrogen) atoms. The summed E-state index contributed by atoms with van der Waals surface area (Å²) in [6, 6.07) is 4.24. The van der Waals surface area contributed by atoms with E-state index < -0.39 is 11.5 Å². The second-order valence-electron chi connectivity index (χ2n) is 3.98. The van der Waals surface area contributed by atoms with Crippen molar-refractivity contribution in [3.05, 3.63) is 34.6 Å². The van der Waals surface area contributed by atoms with Gasteiger partial charge in [0.05, 0.1) is 0 Å². The molecule has 0 heterocycles. The Hall–Kier alpha value is -1.13. The van der Waals surface area contributed by atoms with Crippen LogP contribution in [0.25, 0.3) is 0 Å². The summed E-state index contributed by atoms with van der Waals surface area (Å²) in [5.74, 6) is -1.26. The Morgan fingerprint density at radius 2 is 2.25 bits per heavy atom. The number of benzene rings is 1. The first-order chi connectivity index (χ1) is 7.53. The summed E-state index contributed by atoms with van der Waals surface area (Å²) in [5, 5.41) is 12.2. The molecule has 2 N–H and O–H groups in total. The molecule has 0 atom stereocenters. The van der Waals surface area contributed by atoms with Crippen molar-refractivity contribution in [2.45, 2.75) is 24.9 Å². The van der Waals surface area contributed by atoms with E-state index >= 15 is 0 Å². The molecule has 1 aromatic carbocycles. The molecule has 0 unspecified atom stereocenters. The Morgan fingerprint density at radius 1 is 1.56 bits per heavy atom. The van der Waals surface area contributed by atoms with E-state index in [2.05, 4.69) is 5.32 Å². The van der Waals surface area contributed by atoms with Crippen LogP contribution < -0.4 is 5.32 Å². The smallest absolute Gasteiger partial charge is 0.323 e. The lowest BCUT2D eigenvalue weighted by Gasteiger charge is -2.12. The Morgan fingerprint density at radius 3 is 2.81 bits per heavy atom.